The Bertz CT molecular complexity index is 454. The number of imidazole rings is 1. The number of hydrogen-bond donors (Lipinski definition) is 2. The molecule has 1 aromatic heterocycles. The predicted octanol–water partition coefficient (Wildman–Crippen LogP) is 2.14. The molecule has 4 heteroatoms. The normalized spacial score (nSPS) is 10.5. The molecule has 0 unspecified atom stereocenters. The van der Waals surface area contributed by atoms with E-state index in [2.05, 4.69) is 21.4 Å². The Morgan fingerprint density at radius 2 is 2.22 bits per heavy atom. The summed E-state index contributed by atoms with van der Waals surface area (Å²) in [5, 5.41) is 3.36. The van der Waals surface area contributed by atoms with Crippen molar-refractivity contribution >= 4 is 0 Å². The zero-order valence-electron chi connectivity index (χ0n) is 10.6. The molecule has 0 aliphatic carbocycles. The molecule has 2 rings (SSSR count). The molecule has 2 aromatic rings. The van der Waals surface area contributed by atoms with Crippen LogP contribution >= 0.6 is 0 Å². The van der Waals surface area contributed by atoms with Crippen LogP contribution in [0.25, 0.3) is 0 Å². The SMILES string of the molecule is CCOc1ccccc1CCNCc1ncc[nH]1. The van der Waals surface area contributed by atoms with Crippen molar-refractivity contribution in [1.82, 2.24) is 15.3 Å². The summed E-state index contributed by atoms with van der Waals surface area (Å²) in [4.78, 5) is 7.23. The van der Waals surface area contributed by atoms with E-state index in [-0.39, 0.29) is 0 Å². The maximum atomic E-state index is 5.59. The lowest BCUT2D eigenvalue weighted by Crippen LogP contribution is -2.17. The first-order valence-corrected chi connectivity index (χ1v) is 6.30. The van der Waals surface area contributed by atoms with Crippen molar-refractivity contribution < 1.29 is 4.74 Å². The number of aromatic amines is 1. The summed E-state index contributed by atoms with van der Waals surface area (Å²) in [5.74, 6) is 1.95. The molecule has 0 radical (unpaired) electrons. The van der Waals surface area contributed by atoms with E-state index in [1.807, 2.05) is 31.3 Å². The molecule has 0 aliphatic rings. The number of benzene rings is 1. The predicted molar refractivity (Wildman–Crippen MR) is 71.6 cm³/mol. The van der Waals surface area contributed by atoms with Gasteiger partial charge in [0.1, 0.15) is 11.6 Å². The first-order chi connectivity index (χ1) is 8.90. The maximum Gasteiger partial charge on any atom is 0.122 e. The lowest BCUT2D eigenvalue weighted by Gasteiger charge is -2.10. The second kappa shape index (κ2) is 6.81. The summed E-state index contributed by atoms with van der Waals surface area (Å²) in [6, 6.07) is 8.18. The minimum atomic E-state index is 0.705. The minimum Gasteiger partial charge on any atom is -0.494 e. The van der Waals surface area contributed by atoms with E-state index in [9.17, 15) is 0 Å². The highest BCUT2D eigenvalue weighted by Crippen LogP contribution is 2.17. The molecular formula is C14H19N3O. The summed E-state index contributed by atoms with van der Waals surface area (Å²) in [6.07, 6.45) is 4.56. The Labute approximate surface area is 107 Å². The van der Waals surface area contributed by atoms with Gasteiger partial charge in [-0.1, -0.05) is 18.2 Å². The first-order valence-electron chi connectivity index (χ1n) is 6.30. The number of ether oxygens (including phenoxy) is 1. The fourth-order valence-electron chi connectivity index (χ4n) is 1.83. The number of aromatic nitrogens is 2. The number of nitrogens with one attached hydrogen (secondary N) is 2. The molecule has 0 fully saturated rings. The van der Waals surface area contributed by atoms with Gasteiger partial charge in [0.2, 0.25) is 0 Å². The fraction of sp³-hybridized carbons (Fsp3) is 0.357. The topological polar surface area (TPSA) is 49.9 Å². The van der Waals surface area contributed by atoms with Crippen LogP contribution < -0.4 is 10.1 Å². The largest absolute Gasteiger partial charge is 0.494 e. The van der Waals surface area contributed by atoms with Gasteiger partial charge in [-0.05, 0) is 31.5 Å². The van der Waals surface area contributed by atoms with E-state index >= 15 is 0 Å². The summed E-state index contributed by atoms with van der Waals surface area (Å²) in [7, 11) is 0. The first kappa shape index (κ1) is 12.6. The van der Waals surface area contributed by atoms with E-state index in [4.69, 9.17) is 4.74 Å². The van der Waals surface area contributed by atoms with Crippen LogP contribution in [-0.2, 0) is 13.0 Å². The van der Waals surface area contributed by atoms with Crippen LogP contribution in [0, 0.1) is 0 Å². The quantitative estimate of drug-likeness (QED) is 0.735. The lowest BCUT2D eigenvalue weighted by atomic mass is 10.1. The lowest BCUT2D eigenvalue weighted by molar-refractivity contribution is 0.336. The molecule has 0 saturated carbocycles. The van der Waals surface area contributed by atoms with Crippen LogP contribution in [-0.4, -0.2) is 23.1 Å². The summed E-state index contributed by atoms with van der Waals surface area (Å²) in [6.45, 7) is 4.39. The standard InChI is InChI=1S/C14H19N3O/c1-2-18-13-6-4-3-5-12(13)7-8-15-11-14-16-9-10-17-14/h3-6,9-10,15H,2,7-8,11H2,1H3,(H,16,17). The summed E-state index contributed by atoms with van der Waals surface area (Å²) in [5.41, 5.74) is 1.24. The van der Waals surface area contributed by atoms with Crippen molar-refractivity contribution in [3.05, 3.63) is 48.0 Å². The average molecular weight is 245 g/mol. The molecule has 1 heterocycles. The molecule has 0 spiro atoms. The molecule has 0 aliphatic heterocycles. The molecular weight excluding hydrogens is 226 g/mol. The zero-order valence-corrected chi connectivity index (χ0v) is 10.6. The highest BCUT2D eigenvalue weighted by molar-refractivity contribution is 5.33. The van der Waals surface area contributed by atoms with E-state index < -0.39 is 0 Å². The van der Waals surface area contributed by atoms with Gasteiger partial charge in [0, 0.05) is 12.4 Å². The monoisotopic (exact) mass is 245 g/mol. The highest BCUT2D eigenvalue weighted by atomic mass is 16.5. The van der Waals surface area contributed by atoms with Crippen LogP contribution in [0.3, 0.4) is 0 Å². The molecule has 2 N–H and O–H groups in total. The van der Waals surface area contributed by atoms with Gasteiger partial charge >= 0.3 is 0 Å². The van der Waals surface area contributed by atoms with E-state index in [1.165, 1.54) is 5.56 Å². The van der Waals surface area contributed by atoms with Gasteiger partial charge in [0.15, 0.2) is 0 Å². The molecule has 96 valence electrons. The number of para-hydroxylation sites is 1. The van der Waals surface area contributed by atoms with Gasteiger partial charge in [0.05, 0.1) is 13.2 Å². The summed E-state index contributed by atoms with van der Waals surface area (Å²) >= 11 is 0. The Hall–Kier alpha value is -1.81. The van der Waals surface area contributed by atoms with Crippen LogP contribution in [0.1, 0.15) is 18.3 Å². The minimum absolute atomic E-state index is 0.705. The van der Waals surface area contributed by atoms with Gasteiger partial charge in [-0.2, -0.15) is 0 Å². The highest BCUT2D eigenvalue weighted by Gasteiger charge is 2.02. The van der Waals surface area contributed by atoms with Crippen LogP contribution in [0.5, 0.6) is 5.75 Å². The number of H-pyrrole nitrogens is 1. The number of nitrogens with zero attached hydrogens (tertiary/aromatic N) is 1. The Balaban J connectivity index is 1.79. The van der Waals surface area contributed by atoms with Crippen LogP contribution in [0.15, 0.2) is 36.7 Å². The van der Waals surface area contributed by atoms with Crippen LogP contribution in [0.4, 0.5) is 0 Å². The smallest absolute Gasteiger partial charge is 0.122 e. The van der Waals surface area contributed by atoms with Crippen molar-refractivity contribution in [3.8, 4) is 5.75 Å². The van der Waals surface area contributed by atoms with Crippen LogP contribution in [0.2, 0.25) is 0 Å². The van der Waals surface area contributed by atoms with Crippen molar-refractivity contribution in [2.24, 2.45) is 0 Å². The molecule has 0 bridgehead atoms. The van der Waals surface area contributed by atoms with E-state index in [0.717, 1.165) is 31.1 Å². The fourth-order valence-corrected chi connectivity index (χ4v) is 1.83. The zero-order chi connectivity index (χ0) is 12.6. The average Bonchev–Trinajstić information content (AvgIpc) is 2.90. The third kappa shape index (κ3) is 3.60. The Morgan fingerprint density at radius 3 is 3.00 bits per heavy atom. The number of hydrogen-bond acceptors (Lipinski definition) is 3. The van der Waals surface area contributed by atoms with E-state index in [0.29, 0.717) is 6.61 Å². The molecule has 0 amide bonds. The third-order valence-corrected chi connectivity index (χ3v) is 2.69. The second-order valence-electron chi connectivity index (χ2n) is 4.00. The van der Waals surface area contributed by atoms with Gasteiger partial charge in [-0.3, -0.25) is 0 Å². The van der Waals surface area contributed by atoms with Gasteiger partial charge in [-0.15, -0.1) is 0 Å². The van der Waals surface area contributed by atoms with Crippen molar-refractivity contribution in [2.45, 2.75) is 19.9 Å². The Kier molecular flexibility index (Phi) is 4.78. The summed E-state index contributed by atoms with van der Waals surface area (Å²) < 4.78 is 5.59. The van der Waals surface area contributed by atoms with Crippen molar-refractivity contribution in [2.75, 3.05) is 13.2 Å². The van der Waals surface area contributed by atoms with Crippen molar-refractivity contribution in [1.29, 1.82) is 0 Å². The maximum absolute atomic E-state index is 5.59. The molecule has 4 nitrogen and oxygen atoms in total. The molecule has 18 heavy (non-hydrogen) atoms. The van der Waals surface area contributed by atoms with Crippen molar-refractivity contribution in [3.63, 3.8) is 0 Å². The van der Waals surface area contributed by atoms with Gasteiger partial charge in [-0.25, -0.2) is 4.98 Å². The molecule has 0 saturated heterocycles. The Morgan fingerprint density at radius 1 is 1.33 bits per heavy atom. The second-order valence-corrected chi connectivity index (χ2v) is 4.00. The van der Waals surface area contributed by atoms with E-state index in [1.54, 1.807) is 6.20 Å². The van der Waals surface area contributed by atoms with Gasteiger partial charge < -0.3 is 15.0 Å². The van der Waals surface area contributed by atoms with Gasteiger partial charge in [0.25, 0.3) is 0 Å². The molecule has 1 aromatic carbocycles. The number of rotatable bonds is 7. The third-order valence-electron chi connectivity index (χ3n) is 2.69. The molecule has 0 atom stereocenters.